The lowest BCUT2D eigenvalue weighted by atomic mass is 10.2. The van der Waals surface area contributed by atoms with Crippen molar-refractivity contribution in [1.82, 2.24) is 15.5 Å². The van der Waals surface area contributed by atoms with E-state index in [0.717, 1.165) is 45.2 Å². The molecule has 0 spiro atoms. The number of hydrogen-bond acceptors (Lipinski definition) is 3. The Hall–Kier alpha value is -1.10. The molecule has 0 unspecified atom stereocenters. The molecule has 5 nitrogen and oxygen atoms in total. The lowest BCUT2D eigenvalue weighted by Gasteiger charge is -2.20. The van der Waals surface area contributed by atoms with Gasteiger partial charge in [0.2, 0.25) is 0 Å². The van der Waals surface area contributed by atoms with Gasteiger partial charge in [0, 0.05) is 25.7 Å². The Balaban J connectivity index is 1.82. The number of carbonyl (C=O) groups is 2. The predicted molar refractivity (Wildman–Crippen MR) is 64.5 cm³/mol. The molecule has 96 valence electrons. The van der Waals surface area contributed by atoms with E-state index in [0.29, 0.717) is 13.1 Å². The highest BCUT2D eigenvalue weighted by atomic mass is 16.2. The van der Waals surface area contributed by atoms with E-state index >= 15 is 0 Å². The van der Waals surface area contributed by atoms with E-state index in [-0.39, 0.29) is 11.9 Å². The summed E-state index contributed by atoms with van der Waals surface area (Å²) in [5.74, 6) is -0.778. The van der Waals surface area contributed by atoms with Gasteiger partial charge in [-0.05, 0) is 25.8 Å². The van der Waals surface area contributed by atoms with Crippen molar-refractivity contribution in [2.45, 2.75) is 38.1 Å². The lowest BCUT2D eigenvalue weighted by Crippen LogP contribution is -2.46. The van der Waals surface area contributed by atoms with Crippen LogP contribution in [-0.2, 0) is 9.59 Å². The van der Waals surface area contributed by atoms with Gasteiger partial charge in [0.05, 0.1) is 0 Å². The molecule has 17 heavy (non-hydrogen) atoms. The third-order valence-electron chi connectivity index (χ3n) is 3.51. The molecule has 2 rings (SSSR count). The van der Waals surface area contributed by atoms with Crippen molar-refractivity contribution in [3.8, 4) is 0 Å². The van der Waals surface area contributed by atoms with E-state index in [9.17, 15) is 9.59 Å². The van der Waals surface area contributed by atoms with E-state index in [4.69, 9.17) is 0 Å². The van der Waals surface area contributed by atoms with Crippen LogP contribution in [0.1, 0.15) is 32.1 Å². The summed E-state index contributed by atoms with van der Waals surface area (Å²) in [7, 11) is 0. The molecule has 1 aliphatic carbocycles. The fourth-order valence-corrected chi connectivity index (χ4v) is 2.51. The molecular formula is C12H21N3O2. The van der Waals surface area contributed by atoms with Crippen LogP contribution in [0.4, 0.5) is 0 Å². The molecule has 1 aliphatic heterocycles. The third kappa shape index (κ3) is 3.43. The van der Waals surface area contributed by atoms with Crippen molar-refractivity contribution in [1.29, 1.82) is 0 Å². The van der Waals surface area contributed by atoms with Gasteiger partial charge < -0.3 is 15.5 Å². The molecule has 2 aliphatic rings. The zero-order valence-corrected chi connectivity index (χ0v) is 10.2. The summed E-state index contributed by atoms with van der Waals surface area (Å²) in [5, 5.41) is 6.06. The van der Waals surface area contributed by atoms with Crippen LogP contribution in [0.5, 0.6) is 0 Å². The van der Waals surface area contributed by atoms with Crippen LogP contribution in [0, 0.1) is 0 Å². The Bertz CT molecular complexity index is 279. The van der Waals surface area contributed by atoms with Crippen molar-refractivity contribution < 1.29 is 9.59 Å². The highest BCUT2D eigenvalue weighted by Gasteiger charge is 2.25. The SMILES string of the molecule is O=C(NC1CCCC1)C(=O)N1CCCNCC1. The number of amides is 2. The van der Waals surface area contributed by atoms with Gasteiger partial charge in [-0.15, -0.1) is 0 Å². The van der Waals surface area contributed by atoms with Crippen LogP contribution >= 0.6 is 0 Å². The van der Waals surface area contributed by atoms with Gasteiger partial charge in [-0.3, -0.25) is 9.59 Å². The molecule has 2 N–H and O–H groups in total. The smallest absolute Gasteiger partial charge is 0.311 e. The van der Waals surface area contributed by atoms with E-state index in [1.165, 1.54) is 0 Å². The zero-order valence-electron chi connectivity index (χ0n) is 10.2. The maximum Gasteiger partial charge on any atom is 0.311 e. The average Bonchev–Trinajstić information content (AvgIpc) is 2.68. The quantitative estimate of drug-likeness (QED) is 0.626. The number of nitrogens with one attached hydrogen (secondary N) is 2. The number of hydrogen-bond donors (Lipinski definition) is 2. The second kappa shape index (κ2) is 6.00. The van der Waals surface area contributed by atoms with Crippen LogP contribution in [-0.4, -0.2) is 48.9 Å². The van der Waals surface area contributed by atoms with Crippen LogP contribution < -0.4 is 10.6 Å². The van der Waals surface area contributed by atoms with Gasteiger partial charge in [-0.25, -0.2) is 0 Å². The summed E-state index contributed by atoms with van der Waals surface area (Å²) in [4.78, 5) is 25.4. The molecule has 1 saturated carbocycles. The first-order valence-corrected chi connectivity index (χ1v) is 6.58. The maximum atomic E-state index is 11.9. The first-order chi connectivity index (χ1) is 8.27. The summed E-state index contributed by atoms with van der Waals surface area (Å²) in [6.45, 7) is 3.03. The topological polar surface area (TPSA) is 61.4 Å². The van der Waals surface area contributed by atoms with Gasteiger partial charge in [0.15, 0.2) is 0 Å². The summed E-state index contributed by atoms with van der Waals surface area (Å²) < 4.78 is 0. The Morgan fingerprint density at radius 3 is 2.59 bits per heavy atom. The Morgan fingerprint density at radius 1 is 1.06 bits per heavy atom. The summed E-state index contributed by atoms with van der Waals surface area (Å²) in [6.07, 6.45) is 5.27. The standard InChI is InChI=1S/C12H21N3O2/c16-11(14-10-4-1-2-5-10)12(17)15-8-3-6-13-7-9-15/h10,13H,1-9H2,(H,14,16). The van der Waals surface area contributed by atoms with Crippen molar-refractivity contribution in [2.24, 2.45) is 0 Å². The summed E-state index contributed by atoms with van der Waals surface area (Å²) in [5.41, 5.74) is 0. The fraction of sp³-hybridized carbons (Fsp3) is 0.833. The third-order valence-corrected chi connectivity index (χ3v) is 3.51. The molecular weight excluding hydrogens is 218 g/mol. The Morgan fingerprint density at radius 2 is 1.82 bits per heavy atom. The molecule has 0 aromatic rings. The van der Waals surface area contributed by atoms with Crippen LogP contribution in [0.2, 0.25) is 0 Å². The minimum atomic E-state index is -0.418. The first-order valence-electron chi connectivity index (χ1n) is 6.58. The van der Waals surface area contributed by atoms with E-state index < -0.39 is 5.91 Å². The monoisotopic (exact) mass is 239 g/mol. The van der Waals surface area contributed by atoms with Gasteiger partial charge in [-0.1, -0.05) is 12.8 Å². The van der Waals surface area contributed by atoms with Crippen molar-refractivity contribution in [2.75, 3.05) is 26.2 Å². The molecule has 0 atom stereocenters. The molecule has 2 amide bonds. The van der Waals surface area contributed by atoms with Crippen molar-refractivity contribution in [3.63, 3.8) is 0 Å². The molecule has 1 saturated heterocycles. The van der Waals surface area contributed by atoms with E-state index in [1.807, 2.05) is 0 Å². The average molecular weight is 239 g/mol. The lowest BCUT2D eigenvalue weighted by molar-refractivity contribution is -0.146. The highest BCUT2D eigenvalue weighted by Crippen LogP contribution is 2.17. The largest absolute Gasteiger partial charge is 0.345 e. The second-order valence-corrected chi connectivity index (χ2v) is 4.85. The summed E-state index contributed by atoms with van der Waals surface area (Å²) in [6, 6.07) is 0.219. The van der Waals surface area contributed by atoms with Crippen LogP contribution in [0.25, 0.3) is 0 Å². The number of carbonyl (C=O) groups excluding carboxylic acids is 2. The maximum absolute atomic E-state index is 11.9. The minimum absolute atomic E-state index is 0.219. The van der Waals surface area contributed by atoms with Gasteiger partial charge in [0.25, 0.3) is 0 Å². The van der Waals surface area contributed by atoms with Gasteiger partial charge >= 0.3 is 11.8 Å². The van der Waals surface area contributed by atoms with E-state index in [1.54, 1.807) is 4.90 Å². The predicted octanol–water partition coefficient (Wildman–Crippen LogP) is -0.133. The Labute approximate surface area is 102 Å². The molecule has 2 fully saturated rings. The normalized spacial score (nSPS) is 22.2. The number of nitrogens with zero attached hydrogens (tertiary/aromatic N) is 1. The summed E-state index contributed by atoms with van der Waals surface area (Å²) >= 11 is 0. The zero-order chi connectivity index (χ0) is 12.1. The minimum Gasteiger partial charge on any atom is -0.345 e. The second-order valence-electron chi connectivity index (χ2n) is 4.85. The van der Waals surface area contributed by atoms with Crippen molar-refractivity contribution >= 4 is 11.8 Å². The molecule has 1 heterocycles. The van der Waals surface area contributed by atoms with Gasteiger partial charge in [-0.2, -0.15) is 0 Å². The molecule has 0 aromatic carbocycles. The molecule has 5 heteroatoms. The number of rotatable bonds is 1. The van der Waals surface area contributed by atoms with Gasteiger partial charge in [0.1, 0.15) is 0 Å². The highest BCUT2D eigenvalue weighted by molar-refractivity contribution is 6.35. The van der Waals surface area contributed by atoms with E-state index in [2.05, 4.69) is 10.6 Å². The first kappa shape index (κ1) is 12.4. The van der Waals surface area contributed by atoms with Crippen LogP contribution in [0.3, 0.4) is 0 Å². The molecule has 0 bridgehead atoms. The molecule has 0 aromatic heterocycles. The van der Waals surface area contributed by atoms with Crippen molar-refractivity contribution in [3.05, 3.63) is 0 Å². The van der Waals surface area contributed by atoms with Crippen LogP contribution in [0.15, 0.2) is 0 Å². The Kier molecular flexibility index (Phi) is 4.36. The molecule has 0 radical (unpaired) electrons. The fourth-order valence-electron chi connectivity index (χ4n) is 2.51.